The molecule has 1 heterocycles. The van der Waals surface area contributed by atoms with Crippen molar-refractivity contribution >= 4 is 11.6 Å². The van der Waals surface area contributed by atoms with Crippen molar-refractivity contribution in [1.82, 2.24) is 10.3 Å². The van der Waals surface area contributed by atoms with Gasteiger partial charge < -0.3 is 10.6 Å². The summed E-state index contributed by atoms with van der Waals surface area (Å²) in [5, 5.41) is 14.1. The van der Waals surface area contributed by atoms with E-state index in [0.717, 1.165) is 23.9 Å². The van der Waals surface area contributed by atoms with Crippen molar-refractivity contribution in [1.29, 1.82) is 5.26 Å². The van der Waals surface area contributed by atoms with Gasteiger partial charge in [0.15, 0.2) is 0 Å². The van der Waals surface area contributed by atoms with Gasteiger partial charge in [-0.2, -0.15) is 18.4 Å². The molecule has 0 atom stereocenters. The van der Waals surface area contributed by atoms with E-state index in [-0.39, 0.29) is 17.8 Å². The zero-order chi connectivity index (χ0) is 18.3. The van der Waals surface area contributed by atoms with Gasteiger partial charge in [-0.1, -0.05) is 12.1 Å². The van der Waals surface area contributed by atoms with E-state index in [2.05, 4.69) is 15.6 Å². The normalized spacial score (nSPS) is 11.5. The molecule has 25 heavy (non-hydrogen) atoms. The van der Waals surface area contributed by atoms with Crippen molar-refractivity contribution in [3.63, 3.8) is 0 Å². The summed E-state index contributed by atoms with van der Waals surface area (Å²) in [4.78, 5) is 15.8. The van der Waals surface area contributed by atoms with Crippen LogP contribution in [0.2, 0.25) is 0 Å². The van der Waals surface area contributed by atoms with Crippen LogP contribution in [0.25, 0.3) is 0 Å². The SMILES string of the molecule is N#C/C(=C/Nc1cccc(C(F)(F)F)c1)C(=O)NCc1cccnc1. The Morgan fingerprint density at radius 3 is 2.72 bits per heavy atom. The standard InChI is InChI=1S/C17H13F3N4O/c18-17(19,20)14-4-1-5-15(7-14)23-11-13(8-21)16(25)24-10-12-3-2-6-22-9-12/h1-7,9,11,23H,10H2,(H,24,25)/b13-11-. The van der Waals surface area contributed by atoms with Crippen LogP contribution >= 0.6 is 0 Å². The lowest BCUT2D eigenvalue weighted by molar-refractivity contribution is -0.137. The van der Waals surface area contributed by atoms with Gasteiger partial charge in [0.05, 0.1) is 5.56 Å². The number of nitrogens with zero attached hydrogens (tertiary/aromatic N) is 2. The minimum absolute atomic E-state index is 0.114. The van der Waals surface area contributed by atoms with Crippen LogP contribution in [0.4, 0.5) is 18.9 Å². The van der Waals surface area contributed by atoms with Gasteiger partial charge in [-0.25, -0.2) is 0 Å². The molecule has 1 amide bonds. The van der Waals surface area contributed by atoms with E-state index in [1.54, 1.807) is 30.6 Å². The molecule has 0 aliphatic heterocycles. The molecule has 0 aliphatic carbocycles. The Labute approximate surface area is 141 Å². The first-order chi connectivity index (χ1) is 11.9. The highest BCUT2D eigenvalue weighted by Gasteiger charge is 2.30. The summed E-state index contributed by atoms with van der Waals surface area (Å²) in [6.07, 6.45) is -0.254. The van der Waals surface area contributed by atoms with Gasteiger partial charge in [-0.15, -0.1) is 0 Å². The topological polar surface area (TPSA) is 77.8 Å². The molecular weight excluding hydrogens is 333 g/mol. The maximum atomic E-state index is 12.7. The number of pyridine rings is 1. The molecule has 2 aromatic rings. The average Bonchev–Trinajstić information content (AvgIpc) is 2.61. The number of hydrogen-bond donors (Lipinski definition) is 2. The minimum Gasteiger partial charge on any atom is -0.360 e. The highest BCUT2D eigenvalue weighted by atomic mass is 19.4. The Hall–Kier alpha value is -3.34. The Morgan fingerprint density at radius 1 is 1.28 bits per heavy atom. The Morgan fingerprint density at radius 2 is 2.08 bits per heavy atom. The van der Waals surface area contributed by atoms with E-state index in [0.29, 0.717) is 0 Å². The second-order valence-electron chi connectivity index (χ2n) is 4.94. The van der Waals surface area contributed by atoms with E-state index in [9.17, 15) is 18.0 Å². The van der Waals surface area contributed by atoms with E-state index in [1.807, 2.05) is 0 Å². The van der Waals surface area contributed by atoms with Crippen LogP contribution in [0.1, 0.15) is 11.1 Å². The molecule has 0 fully saturated rings. The summed E-state index contributed by atoms with van der Waals surface area (Å²) >= 11 is 0. The fourth-order valence-corrected chi connectivity index (χ4v) is 1.87. The molecule has 0 unspecified atom stereocenters. The van der Waals surface area contributed by atoms with Crippen LogP contribution in [0, 0.1) is 11.3 Å². The third kappa shape index (κ3) is 5.35. The average molecular weight is 346 g/mol. The van der Waals surface area contributed by atoms with Crippen LogP contribution in [-0.4, -0.2) is 10.9 Å². The van der Waals surface area contributed by atoms with Crippen molar-refractivity contribution in [2.75, 3.05) is 5.32 Å². The van der Waals surface area contributed by atoms with Crippen LogP contribution in [0.3, 0.4) is 0 Å². The van der Waals surface area contributed by atoms with Gasteiger partial charge in [0.25, 0.3) is 5.91 Å². The number of alkyl halides is 3. The Bertz CT molecular complexity index is 811. The quantitative estimate of drug-likeness (QED) is 0.644. The molecule has 0 saturated heterocycles. The first-order valence-electron chi connectivity index (χ1n) is 7.11. The fraction of sp³-hybridized carbons (Fsp3) is 0.118. The van der Waals surface area contributed by atoms with Crippen LogP contribution in [0.5, 0.6) is 0 Å². The van der Waals surface area contributed by atoms with E-state index >= 15 is 0 Å². The number of halogens is 3. The van der Waals surface area contributed by atoms with Crippen LogP contribution in [0.15, 0.2) is 60.6 Å². The van der Waals surface area contributed by atoms with Gasteiger partial charge in [0.2, 0.25) is 0 Å². The molecule has 0 spiro atoms. The molecule has 5 nitrogen and oxygen atoms in total. The van der Waals surface area contributed by atoms with Crippen LogP contribution in [-0.2, 0) is 17.5 Å². The highest BCUT2D eigenvalue weighted by molar-refractivity contribution is 5.97. The number of amides is 1. The molecule has 0 saturated carbocycles. The zero-order valence-electron chi connectivity index (χ0n) is 12.8. The lowest BCUT2D eigenvalue weighted by Gasteiger charge is -2.09. The lowest BCUT2D eigenvalue weighted by atomic mass is 10.2. The number of anilines is 1. The molecule has 0 aliphatic rings. The summed E-state index contributed by atoms with van der Waals surface area (Å²) < 4.78 is 38.0. The predicted octanol–water partition coefficient (Wildman–Crippen LogP) is 3.24. The van der Waals surface area contributed by atoms with E-state index < -0.39 is 17.6 Å². The lowest BCUT2D eigenvalue weighted by Crippen LogP contribution is -2.24. The maximum absolute atomic E-state index is 12.7. The summed E-state index contributed by atoms with van der Waals surface area (Å²) in [5.74, 6) is -0.647. The van der Waals surface area contributed by atoms with Crippen molar-refractivity contribution < 1.29 is 18.0 Å². The number of carbonyl (C=O) groups is 1. The second-order valence-corrected chi connectivity index (χ2v) is 4.94. The summed E-state index contributed by atoms with van der Waals surface area (Å²) in [6, 6.07) is 9.61. The minimum atomic E-state index is -4.47. The molecule has 0 radical (unpaired) electrons. The van der Waals surface area contributed by atoms with Gasteiger partial charge in [-0.3, -0.25) is 9.78 Å². The molecule has 2 rings (SSSR count). The number of hydrogen-bond acceptors (Lipinski definition) is 4. The number of benzene rings is 1. The molecular formula is C17H13F3N4O. The maximum Gasteiger partial charge on any atom is 0.416 e. The number of aromatic nitrogens is 1. The third-order valence-corrected chi connectivity index (χ3v) is 3.11. The van der Waals surface area contributed by atoms with Crippen molar-refractivity contribution in [3.8, 4) is 6.07 Å². The van der Waals surface area contributed by atoms with E-state index in [4.69, 9.17) is 5.26 Å². The second kappa shape index (κ2) is 7.97. The number of rotatable bonds is 5. The third-order valence-electron chi connectivity index (χ3n) is 3.11. The van der Waals surface area contributed by atoms with Gasteiger partial charge in [0, 0.05) is 30.8 Å². The van der Waals surface area contributed by atoms with Crippen molar-refractivity contribution in [2.24, 2.45) is 0 Å². The van der Waals surface area contributed by atoms with E-state index in [1.165, 1.54) is 12.1 Å². The fourth-order valence-electron chi connectivity index (χ4n) is 1.87. The first-order valence-corrected chi connectivity index (χ1v) is 7.11. The largest absolute Gasteiger partial charge is 0.416 e. The van der Waals surface area contributed by atoms with Crippen molar-refractivity contribution in [3.05, 3.63) is 71.7 Å². The number of nitriles is 1. The first kappa shape index (κ1) is 18.0. The summed E-state index contributed by atoms with van der Waals surface area (Å²) in [6.45, 7) is 0.176. The number of nitrogens with one attached hydrogen (secondary N) is 2. The van der Waals surface area contributed by atoms with Gasteiger partial charge in [-0.05, 0) is 29.8 Å². The predicted molar refractivity (Wildman–Crippen MR) is 84.8 cm³/mol. The van der Waals surface area contributed by atoms with Crippen LogP contribution < -0.4 is 10.6 Å². The monoisotopic (exact) mass is 346 g/mol. The highest BCUT2D eigenvalue weighted by Crippen LogP contribution is 2.30. The molecule has 1 aromatic carbocycles. The Kier molecular flexibility index (Phi) is 5.74. The number of carbonyl (C=O) groups excluding carboxylic acids is 1. The molecule has 0 bridgehead atoms. The van der Waals surface area contributed by atoms with Crippen molar-refractivity contribution in [2.45, 2.75) is 12.7 Å². The zero-order valence-corrected chi connectivity index (χ0v) is 12.8. The Balaban J connectivity index is 2.02. The smallest absolute Gasteiger partial charge is 0.360 e. The molecule has 2 N–H and O–H groups in total. The van der Waals surface area contributed by atoms with Gasteiger partial charge in [0.1, 0.15) is 11.6 Å². The summed E-state index contributed by atoms with van der Waals surface area (Å²) in [5.41, 5.74) is -0.228. The van der Waals surface area contributed by atoms with Gasteiger partial charge >= 0.3 is 6.18 Å². The molecule has 8 heteroatoms. The summed E-state index contributed by atoms with van der Waals surface area (Å²) in [7, 11) is 0. The molecule has 1 aromatic heterocycles. The molecule has 128 valence electrons.